The third-order valence-corrected chi connectivity index (χ3v) is 4.98. The van der Waals surface area contributed by atoms with Gasteiger partial charge in [0, 0.05) is 36.7 Å². The fraction of sp³-hybridized carbons (Fsp3) is 1.00. The second-order valence-electron chi connectivity index (χ2n) is 5.90. The van der Waals surface area contributed by atoms with Crippen LogP contribution in [-0.4, -0.2) is 48.1 Å². The highest BCUT2D eigenvalue weighted by Crippen LogP contribution is 2.28. The molecular formula is C14H30N2S. The first-order chi connectivity index (χ1) is 7.99. The molecule has 0 aromatic rings. The van der Waals surface area contributed by atoms with Crippen LogP contribution in [0.15, 0.2) is 0 Å². The quantitative estimate of drug-likeness (QED) is 0.789. The van der Waals surface area contributed by atoms with E-state index in [-0.39, 0.29) is 0 Å². The van der Waals surface area contributed by atoms with E-state index >= 15 is 0 Å². The summed E-state index contributed by atoms with van der Waals surface area (Å²) in [7, 11) is 0. The van der Waals surface area contributed by atoms with Crippen LogP contribution < -0.4 is 5.32 Å². The summed E-state index contributed by atoms with van der Waals surface area (Å²) in [6.07, 6.45) is 1.26. The van der Waals surface area contributed by atoms with Crippen LogP contribution >= 0.6 is 11.8 Å². The van der Waals surface area contributed by atoms with Gasteiger partial charge in [0.2, 0.25) is 0 Å². The molecule has 1 rings (SSSR count). The third-order valence-electron chi connectivity index (χ3n) is 3.76. The Balaban J connectivity index is 2.48. The lowest BCUT2D eigenvalue weighted by Gasteiger charge is -2.40. The van der Waals surface area contributed by atoms with Gasteiger partial charge in [-0.15, -0.1) is 0 Å². The predicted molar refractivity (Wildman–Crippen MR) is 79.9 cm³/mol. The maximum atomic E-state index is 3.52. The molecule has 0 aromatic carbocycles. The number of hydrogen-bond acceptors (Lipinski definition) is 3. The van der Waals surface area contributed by atoms with Crippen molar-refractivity contribution in [2.45, 2.75) is 51.5 Å². The third kappa shape index (κ3) is 5.19. The largest absolute Gasteiger partial charge is 0.316 e. The van der Waals surface area contributed by atoms with Gasteiger partial charge in [0.15, 0.2) is 0 Å². The van der Waals surface area contributed by atoms with Gasteiger partial charge in [0.25, 0.3) is 0 Å². The van der Waals surface area contributed by atoms with Crippen molar-refractivity contribution in [2.24, 2.45) is 5.41 Å². The Bertz CT molecular complexity index is 212. The Labute approximate surface area is 112 Å². The van der Waals surface area contributed by atoms with Crippen molar-refractivity contribution in [3.05, 3.63) is 0 Å². The van der Waals surface area contributed by atoms with E-state index in [1.807, 2.05) is 0 Å². The van der Waals surface area contributed by atoms with Gasteiger partial charge in [0.1, 0.15) is 0 Å². The van der Waals surface area contributed by atoms with E-state index in [0.717, 1.165) is 23.6 Å². The van der Waals surface area contributed by atoms with Gasteiger partial charge in [-0.3, -0.25) is 0 Å². The van der Waals surface area contributed by atoms with Crippen molar-refractivity contribution < 1.29 is 0 Å². The van der Waals surface area contributed by atoms with E-state index in [1.54, 1.807) is 0 Å². The molecule has 0 spiro atoms. The topological polar surface area (TPSA) is 15.3 Å². The van der Waals surface area contributed by atoms with Crippen molar-refractivity contribution in [1.82, 2.24) is 10.2 Å². The second-order valence-corrected chi connectivity index (χ2v) is 7.78. The van der Waals surface area contributed by atoms with Crippen LogP contribution in [0.4, 0.5) is 0 Å². The first-order valence-corrected chi connectivity index (χ1v) is 8.02. The molecular weight excluding hydrogens is 228 g/mol. The van der Waals surface area contributed by atoms with Crippen LogP contribution in [0.1, 0.15) is 41.0 Å². The zero-order valence-electron chi connectivity index (χ0n) is 12.3. The van der Waals surface area contributed by atoms with Gasteiger partial charge in [-0.05, 0) is 18.4 Å². The van der Waals surface area contributed by atoms with Crippen LogP contribution in [0.25, 0.3) is 0 Å². The van der Waals surface area contributed by atoms with Crippen molar-refractivity contribution in [1.29, 1.82) is 0 Å². The van der Waals surface area contributed by atoms with Crippen molar-refractivity contribution >= 4 is 11.8 Å². The van der Waals surface area contributed by atoms with E-state index in [2.05, 4.69) is 56.6 Å². The summed E-state index contributed by atoms with van der Waals surface area (Å²) in [5.41, 5.74) is 0.428. The van der Waals surface area contributed by atoms with Gasteiger partial charge in [-0.1, -0.05) is 34.6 Å². The molecule has 3 heteroatoms. The Kier molecular flexibility index (Phi) is 6.32. The first kappa shape index (κ1) is 15.3. The minimum absolute atomic E-state index is 0.428. The van der Waals surface area contributed by atoms with Crippen LogP contribution in [0, 0.1) is 5.41 Å². The van der Waals surface area contributed by atoms with Gasteiger partial charge >= 0.3 is 0 Å². The fourth-order valence-electron chi connectivity index (χ4n) is 2.67. The van der Waals surface area contributed by atoms with E-state index in [1.165, 1.54) is 26.1 Å². The standard InChI is InChI=1S/C14H30N2S/c1-6-14(5,10-15-7-2)11-16-8-12(3)17-13(4)9-16/h12-13,15H,6-11H2,1-5H3. The highest BCUT2D eigenvalue weighted by atomic mass is 32.2. The first-order valence-electron chi connectivity index (χ1n) is 7.07. The molecule has 0 aliphatic carbocycles. The SMILES string of the molecule is CCNCC(C)(CC)CN1CC(C)SC(C)C1. The molecule has 2 nitrogen and oxygen atoms in total. The van der Waals surface area contributed by atoms with E-state index in [4.69, 9.17) is 0 Å². The molecule has 0 aromatic heterocycles. The van der Waals surface area contributed by atoms with Crippen molar-refractivity contribution in [2.75, 3.05) is 32.7 Å². The summed E-state index contributed by atoms with van der Waals surface area (Å²) in [5, 5.41) is 5.10. The summed E-state index contributed by atoms with van der Waals surface area (Å²) in [6.45, 7) is 17.7. The zero-order chi connectivity index (χ0) is 12.9. The van der Waals surface area contributed by atoms with Crippen LogP contribution in [0.3, 0.4) is 0 Å². The molecule has 0 bridgehead atoms. The molecule has 1 heterocycles. The summed E-state index contributed by atoms with van der Waals surface area (Å²) < 4.78 is 0. The number of nitrogens with zero attached hydrogens (tertiary/aromatic N) is 1. The Morgan fingerprint density at radius 3 is 2.29 bits per heavy atom. The molecule has 1 aliphatic heterocycles. The molecule has 0 amide bonds. The smallest absolute Gasteiger partial charge is 0.0149 e. The van der Waals surface area contributed by atoms with Gasteiger partial charge in [0.05, 0.1) is 0 Å². The normalized spacial score (nSPS) is 30.2. The Morgan fingerprint density at radius 1 is 1.24 bits per heavy atom. The maximum Gasteiger partial charge on any atom is 0.0149 e. The number of nitrogens with one attached hydrogen (secondary N) is 1. The summed E-state index contributed by atoms with van der Waals surface area (Å²) in [5.74, 6) is 0. The second kappa shape index (κ2) is 7.01. The average molecular weight is 258 g/mol. The minimum Gasteiger partial charge on any atom is -0.316 e. The van der Waals surface area contributed by atoms with Crippen LogP contribution in [0.2, 0.25) is 0 Å². The fourth-order valence-corrected chi connectivity index (χ4v) is 4.06. The Morgan fingerprint density at radius 2 is 1.82 bits per heavy atom. The molecule has 102 valence electrons. The van der Waals surface area contributed by atoms with E-state index in [0.29, 0.717) is 5.41 Å². The van der Waals surface area contributed by atoms with Crippen molar-refractivity contribution in [3.8, 4) is 0 Å². The highest BCUT2D eigenvalue weighted by molar-refractivity contribution is 8.00. The zero-order valence-corrected chi connectivity index (χ0v) is 13.1. The molecule has 0 radical (unpaired) electrons. The summed E-state index contributed by atoms with van der Waals surface area (Å²) >= 11 is 2.14. The van der Waals surface area contributed by atoms with Crippen LogP contribution in [-0.2, 0) is 0 Å². The minimum atomic E-state index is 0.428. The molecule has 1 N–H and O–H groups in total. The lowest BCUT2D eigenvalue weighted by atomic mass is 9.86. The number of hydrogen-bond donors (Lipinski definition) is 1. The molecule has 1 fully saturated rings. The van der Waals surface area contributed by atoms with Gasteiger partial charge in [-0.2, -0.15) is 11.8 Å². The highest BCUT2D eigenvalue weighted by Gasteiger charge is 2.29. The van der Waals surface area contributed by atoms with Crippen molar-refractivity contribution in [3.63, 3.8) is 0 Å². The van der Waals surface area contributed by atoms with E-state index < -0.39 is 0 Å². The lowest BCUT2D eigenvalue weighted by molar-refractivity contribution is 0.154. The predicted octanol–water partition coefficient (Wildman–Crippen LogP) is 2.84. The monoisotopic (exact) mass is 258 g/mol. The average Bonchev–Trinajstić information content (AvgIpc) is 2.25. The summed E-state index contributed by atoms with van der Waals surface area (Å²) in [4.78, 5) is 2.67. The lowest BCUT2D eigenvalue weighted by Crippen LogP contribution is -2.48. The molecule has 1 aliphatic rings. The number of rotatable bonds is 6. The van der Waals surface area contributed by atoms with Gasteiger partial charge in [-0.25, -0.2) is 0 Å². The number of thioether (sulfide) groups is 1. The molecule has 3 unspecified atom stereocenters. The molecule has 1 saturated heterocycles. The van der Waals surface area contributed by atoms with E-state index in [9.17, 15) is 0 Å². The van der Waals surface area contributed by atoms with Crippen LogP contribution in [0.5, 0.6) is 0 Å². The summed E-state index contributed by atoms with van der Waals surface area (Å²) in [6, 6.07) is 0. The van der Waals surface area contributed by atoms with Gasteiger partial charge < -0.3 is 10.2 Å². The maximum absolute atomic E-state index is 3.52. The Hall–Kier alpha value is 0.270. The molecule has 3 atom stereocenters. The molecule has 0 saturated carbocycles. The molecule has 17 heavy (non-hydrogen) atoms.